The van der Waals surface area contributed by atoms with Gasteiger partial charge in [-0.25, -0.2) is 8.78 Å². The highest BCUT2D eigenvalue weighted by Gasteiger charge is 2.34. The van der Waals surface area contributed by atoms with Crippen molar-refractivity contribution in [3.05, 3.63) is 35.4 Å². The van der Waals surface area contributed by atoms with Crippen molar-refractivity contribution >= 4 is 5.91 Å². The van der Waals surface area contributed by atoms with Crippen molar-refractivity contribution in [2.24, 2.45) is 0 Å². The van der Waals surface area contributed by atoms with Crippen LogP contribution in [-0.2, 0) is 0 Å². The van der Waals surface area contributed by atoms with Gasteiger partial charge in [-0.05, 0) is 31.4 Å². The number of carbonyl (C=O) groups is 1. The summed E-state index contributed by atoms with van der Waals surface area (Å²) in [6.45, 7) is 2.11. The maximum absolute atomic E-state index is 13.7. The molecule has 22 heavy (non-hydrogen) atoms. The van der Waals surface area contributed by atoms with Crippen molar-refractivity contribution < 1.29 is 18.7 Å². The van der Waals surface area contributed by atoms with Gasteiger partial charge < -0.3 is 10.0 Å². The summed E-state index contributed by atoms with van der Waals surface area (Å²) in [6, 6.07) is 3.60. The van der Waals surface area contributed by atoms with Crippen LogP contribution in [0.25, 0.3) is 0 Å². The summed E-state index contributed by atoms with van der Waals surface area (Å²) >= 11 is 0. The van der Waals surface area contributed by atoms with Gasteiger partial charge >= 0.3 is 0 Å². The van der Waals surface area contributed by atoms with E-state index in [-0.39, 0.29) is 12.1 Å². The average Bonchev–Trinajstić information content (AvgIpc) is 2.93. The largest absolute Gasteiger partial charge is 0.391 e. The Morgan fingerprint density at radius 3 is 2.27 bits per heavy atom. The molecular weight excluding hydrogens is 290 g/mol. The van der Waals surface area contributed by atoms with E-state index >= 15 is 0 Å². The fraction of sp³-hybridized carbons (Fsp3) is 0.562. The third-order valence-corrected chi connectivity index (χ3v) is 4.69. The first-order valence-electron chi connectivity index (χ1n) is 7.73. The molecule has 3 rings (SSSR count). The third kappa shape index (κ3) is 2.85. The molecule has 2 aliphatic rings. The van der Waals surface area contributed by atoms with Crippen LogP contribution in [0.15, 0.2) is 18.2 Å². The standard InChI is InChI=1S/C16H20F2N2O2/c17-11-3-1-4-12(18)15(11)16(22)20-9-7-19(8-10-20)13-5-2-6-14(13)21/h1,3-4,13-14,21H,2,5-10H2. The molecule has 1 aliphatic carbocycles. The van der Waals surface area contributed by atoms with E-state index < -0.39 is 23.1 Å². The van der Waals surface area contributed by atoms with Crippen molar-refractivity contribution in [3.63, 3.8) is 0 Å². The van der Waals surface area contributed by atoms with Gasteiger partial charge in [0, 0.05) is 32.2 Å². The summed E-state index contributed by atoms with van der Waals surface area (Å²) in [5.74, 6) is -2.24. The van der Waals surface area contributed by atoms with E-state index in [0.29, 0.717) is 26.2 Å². The lowest BCUT2D eigenvalue weighted by atomic mass is 10.1. The predicted octanol–water partition coefficient (Wildman–Crippen LogP) is 1.64. The molecule has 2 unspecified atom stereocenters. The van der Waals surface area contributed by atoms with E-state index in [1.54, 1.807) is 0 Å². The van der Waals surface area contributed by atoms with Crippen LogP contribution in [0, 0.1) is 11.6 Å². The number of halogens is 2. The van der Waals surface area contributed by atoms with E-state index in [1.165, 1.54) is 11.0 Å². The zero-order valence-electron chi connectivity index (χ0n) is 12.3. The lowest BCUT2D eigenvalue weighted by Crippen LogP contribution is -2.53. The number of nitrogens with zero attached hydrogens (tertiary/aromatic N) is 2. The van der Waals surface area contributed by atoms with Gasteiger partial charge in [0.15, 0.2) is 0 Å². The normalized spacial score (nSPS) is 26.4. The second-order valence-corrected chi connectivity index (χ2v) is 5.99. The van der Waals surface area contributed by atoms with Crippen molar-refractivity contribution in [1.29, 1.82) is 0 Å². The highest BCUT2D eigenvalue weighted by Crippen LogP contribution is 2.25. The number of hydrogen-bond acceptors (Lipinski definition) is 3. The first kappa shape index (κ1) is 15.4. The Kier molecular flexibility index (Phi) is 4.40. The Bertz CT molecular complexity index is 539. The minimum atomic E-state index is -0.821. The minimum Gasteiger partial charge on any atom is -0.391 e. The maximum atomic E-state index is 13.7. The molecule has 6 heteroatoms. The summed E-state index contributed by atoms with van der Waals surface area (Å²) in [6.07, 6.45) is 2.51. The van der Waals surface area contributed by atoms with Crippen LogP contribution < -0.4 is 0 Å². The maximum Gasteiger partial charge on any atom is 0.259 e. The SMILES string of the molecule is O=C(c1c(F)cccc1F)N1CCN(C2CCCC2O)CC1. The minimum absolute atomic E-state index is 0.155. The smallest absolute Gasteiger partial charge is 0.259 e. The summed E-state index contributed by atoms with van der Waals surface area (Å²) < 4.78 is 27.4. The Balaban J connectivity index is 1.65. The summed E-state index contributed by atoms with van der Waals surface area (Å²) in [4.78, 5) is 16.0. The number of aliphatic hydroxyl groups is 1. The first-order valence-corrected chi connectivity index (χ1v) is 7.73. The fourth-order valence-corrected chi connectivity index (χ4v) is 3.46. The Morgan fingerprint density at radius 2 is 1.73 bits per heavy atom. The van der Waals surface area contributed by atoms with E-state index in [0.717, 1.165) is 31.4 Å². The van der Waals surface area contributed by atoms with Crippen LogP contribution in [-0.4, -0.2) is 59.1 Å². The zero-order valence-corrected chi connectivity index (χ0v) is 12.3. The molecule has 1 aromatic rings. The van der Waals surface area contributed by atoms with Crippen molar-refractivity contribution in [3.8, 4) is 0 Å². The van der Waals surface area contributed by atoms with Crippen molar-refractivity contribution in [2.75, 3.05) is 26.2 Å². The lowest BCUT2D eigenvalue weighted by molar-refractivity contribution is 0.0311. The summed E-state index contributed by atoms with van der Waals surface area (Å²) in [7, 11) is 0. The first-order chi connectivity index (χ1) is 10.6. The molecule has 4 nitrogen and oxygen atoms in total. The number of carbonyl (C=O) groups excluding carboxylic acids is 1. The predicted molar refractivity (Wildman–Crippen MR) is 77.5 cm³/mol. The Labute approximate surface area is 128 Å². The Morgan fingerprint density at radius 1 is 1.09 bits per heavy atom. The molecule has 1 aromatic carbocycles. The molecule has 0 bridgehead atoms. The number of aliphatic hydroxyl groups excluding tert-OH is 1. The van der Waals surface area contributed by atoms with Gasteiger partial charge in [-0.2, -0.15) is 0 Å². The molecule has 1 amide bonds. The van der Waals surface area contributed by atoms with Crippen LogP contribution in [0.3, 0.4) is 0 Å². The molecule has 0 aromatic heterocycles. The number of benzene rings is 1. The van der Waals surface area contributed by atoms with Gasteiger partial charge in [0.2, 0.25) is 0 Å². The number of rotatable bonds is 2. The Hall–Kier alpha value is -1.53. The second kappa shape index (κ2) is 6.30. The van der Waals surface area contributed by atoms with Gasteiger partial charge in [-0.3, -0.25) is 9.69 Å². The highest BCUT2D eigenvalue weighted by atomic mass is 19.1. The monoisotopic (exact) mass is 310 g/mol. The fourth-order valence-electron chi connectivity index (χ4n) is 3.46. The molecule has 1 aliphatic heterocycles. The quantitative estimate of drug-likeness (QED) is 0.903. The topological polar surface area (TPSA) is 43.8 Å². The van der Waals surface area contributed by atoms with Crippen LogP contribution in [0.1, 0.15) is 29.6 Å². The van der Waals surface area contributed by atoms with Crippen LogP contribution in [0.5, 0.6) is 0 Å². The van der Waals surface area contributed by atoms with E-state index in [1.807, 2.05) is 0 Å². The molecule has 2 atom stereocenters. The molecular formula is C16H20F2N2O2. The second-order valence-electron chi connectivity index (χ2n) is 5.99. The number of hydrogen-bond donors (Lipinski definition) is 1. The zero-order chi connectivity index (χ0) is 15.7. The van der Waals surface area contributed by atoms with Gasteiger partial charge in [-0.15, -0.1) is 0 Å². The van der Waals surface area contributed by atoms with E-state index in [4.69, 9.17) is 0 Å². The molecule has 1 saturated carbocycles. The van der Waals surface area contributed by atoms with Crippen molar-refractivity contribution in [1.82, 2.24) is 9.80 Å². The molecule has 1 N–H and O–H groups in total. The van der Waals surface area contributed by atoms with Crippen LogP contribution >= 0.6 is 0 Å². The number of amides is 1. The molecule has 120 valence electrons. The summed E-state index contributed by atoms with van der Waals surface area (Å²) in [5, 5.41) is 9.95. The molecule has 0 radical (unpaired) electrons. The third-order valence-electron chi connectivity index (χ3n) is 4.69. The number of piperazine rings is 1. The molecule has 1 heterocycles. The lowest BCUT2D eigenvalue weighted by Gasteiger charge is -2.39. The van der Waals surface area contributed by atoms with Gasteiger partial charge in [-0.1, -0.05) is 6.07 Å². The average molecular weight is 310 g/mol. The van der Waals surface area contributed by atoms with Crippen LogP contribution in [0.4, 0.5) is 8.78 Å². The van der Waals surface area contributed by atoms with Gasteiger partial charge in [0.1, 0.15) is 17.2 Å². The molecule has 0 spiro atoms. The van der Waals surface area contributed by atoms with Gasteiger partial charge in [0.25, 0.3) is 5.91 Å². The van der Waals surface area contributed by atoms with Gasteiger partial charge in [0.05, 0.1) is 6.10 Å². The van der Waals surface area contributed by atoms with E-state index in [9.17, 15) is 18.7 Å². The van der Waals surface area contributed by atoms with Crippen LogP contribution in [0.2, 0.25) is 0 Å². The van der Waals surface area contributed by atoms with Crippen molar-refractivity contribution in [2.45, 2.75) is 31.4 Å². The molecule has 2 fully saturated rings. The highest BCUT2D eigenvalue weighted by molar-refractivity contribution is 5.94. The van der Waals surface area contributed by atoms with E-state index in [2.05, 4.69) is 4.90 Å². The molecule has 1 saturated heterocycles. The summed E-state index contributed by atoms with van der Waals surface area (Å²) in [5.41, 5.74) is -0.475.